The van der Waals surface area contributed by atoms with Gasteiger partial charge in [-0.2, -0.15) is 0 Å². The minimum absolute atomic E-state index is 0.203. The van der Waals surface area contributed by atoms with E-state index in [9.17, 15) is 4.39 Å². The van der Waals surface area contributed by atoms with Crippen LogP contribution in [-0.2, 0) is 0 Å². The second-order valence-corrected chi connectivity index (χ2v) is 3.86. The van der Waals surface area contributed by atoms with E-state index in [1.165, 1.54) is 19.3 Å². The predicted octanol–water partition coefficient (Wildman–Crippen LogP) is 1.42. The lowest BCUT2D eigenvalue weighted by Gasteiger charge is -2.34. The highest BCUT2D eigenvalue weighted by Crippen LogP contribution is 2.22. The predicted molar refractivity (Wildman–Crippen MR) is 53.7 cm³/mol. The number of hydrogen-bond donors (Lipinski definition) is 1. The van der Waals surface area contributed by atoms with Gasteiger partial charge >= 0.3 is 0 Å². The fraction of sp³-hybridized carbons (Fsp3) is 1.00. The van der Waals surface area contributed by atoms with Crippen molar-refractivity contribution in [2.45, 2.75) is 31.7 Å². The zero-order valence-corrected chi connectivity index (χ0v) is 8.56. The Kier molecular flexibility index (Phi) is 5.32. The maximum atomic E-state index is 11.7. The van der Waals surface area contributed by atoms with Gasteiger partial charge in [0.1, 0.15) is 0 Å². The quantitative estimate of drug-likeness (QED) is 0.608. The van der Waals surface area contributed by atoms with Gasteiger partial charge < -0.3 is 10.2 Å². The zero-order chi connectivity index (χ0) is 9.52. The highest BCUT2D eigenvalue weighted by atomic mass is 19.1. The maximum Gasteiger partial charge on any atom is 0.0906 e. The minimum Gasteiger partial charge on any atom is -0.315 e. The molecule has 1 aliphatic carbocycles. The summed E-state index contributed by atoms with van der Waals surface area (Å²) in [6.45, 7) is 2.70. The summed E-state index contributed by atoms with van der Waals surface area (Å²) in [5, 5.41) is 3.24. The zero-order valence-electron chi connectivity index (χ0n) is 8.56. The molecule has 0 aromatic heterocycles. The van der Waals surface area contributed by atoms with Gasteiger partial charge in [0.05, 0.1) is 6.67 Å². The molecule has 0 radical (unpaired) electrons. The van der Waals surface area contributed by atoms with Gasteiger partial charge in [0.15, 0.2) is 0 Å². The number of alkyl halides is 1. The lowest BCUT2D eigenvalue weighted by Crippen LogP contribution is -2.40. The van der Waals surface area contributed by atoms with Crippen LogP contribution in [0.5, 0.6) is 0 Å². The van der Waals surface area contributed by atoms with Crippen LogP contribution < -0.4 is 5.32 Å². The molecule has 3 heteroatoms. The molecule has 0 atom stereocenters. The van der Waals surface area contributed by atoms with E-state index < -0.39 is 0 Å². The van der Waals surface area contributed by atoms with E-state index in [2.05, 4.69) is 17.3 Å². The summed E-state index contributed by atoms with van der Waals surface area (Å²) in [6, 6.07) is 0.822. The Bertz CT molecular complexity index is 126. The van der Waals surface area contributed by atoms with Crippen molar-refractivity contribution in [1.82, 2.24) is 10.2 Å². The van der Waals surface area contributed by atoms with Gasteiger partial charge in [-0.05, 0) is 32.9 Å². The second kappa shape index (κ2) is 6.33. The molecule has 0 heterocycles. The summed E-state index contributed by atoms with van der Waals surface area (Å²) in [4.78, 5) is 2.41. The van der Waals surface area contributed by atoms with Crippen LogP contribution in [0.4, 0.5) is 4.39 Å². The van der Waals surface area contributed by atoms with Crippen molar-refractivity contribution in [1.29, 1.82) is 0 Å². The van der Waals surface area contributed by atoms with Crippen molar-refractivity contribution < 1.29 is 4.39 Å². The lowest BCUT2D eigenvalue weighted by atomic mass is 9.92. The molecule has 0 aromatic rings. The first kappa shape index (κ1) is 10.9. The molecular weight excluding hydrogens is 167 g/mol. The van der Waals surface area contributed by atoms with Crippen LogP contribution in [0.1, 0.15) is 25.7 Å². The highest BCUT2D eigenvalue weighted by molar-refractivity contribution is 4.77. The van der Waals surface area contributed by atoms with Crippen molar-refractivity contribution >= 4 is 0 Å². The van der Waals surface area contributed by atoms with Crippen molar-refractivity contribution in [3.05, 3.63) is 0 Å². The van der Waals surface area contributed by atoms with E-state index in [0.29, 0.717) is 6.42 Å². The molecule has 1 N–H and O–H groups in total. The summed E-state index contributed by atoms with van der Waals surface area (Å²) < 4.78 is 11.7. The molecule has 0 saturated heterocycles. The van der Waals surface area contributed by atoms with Crippen molar-refractivity contribution in [2.24, 2.45) is 0 Å². The van der Waals surface area contributed by atoms with Crippen LogP contribution in [-0.4, -0.2) is 44.3 Å². The van der Waals surface area contributed by atoms with Crippen molar-refractivity contribution in [2.75, 3.05) is 33.4 Å². The largest absolute Gasteiger partial charge is 0.315 e. The molecule has 0 aliphatic heterocycles. The standard InChI is InChI=1S/C10H21FN2/c1-13(10-4-2-5-10)9-8-12-7-3-6-11/h10,12H,2-9H2,1H3. The molecule has 0 bridgehead atoms. The average Bonchev–Trinajstić information content (AvgIpc) is 2.01. The van der Waals surface area contributed by atoms with Gasteiger partial charge in [0.25, 0.3) is 0 Å². The molecule has 13 heavy (non-hydrogen) atoms. The summed E-state index contributed by atoms with van der Waals surface area (Å²) >= 11 is 0. The number of nitrogens with zero attached hydrogens (tertiary/aromatic N) is 1. The SMILES string of the molecule is CN(CCNCCCF)C1CCC1. The Morgan fingerprint density at radius 1 is 1.38 bits per heavy atom. The van der Waals surface area contributed by atoms with Crippen LogP contribution in [0.25, 0.3) is 0 Å². The fourth-order valence-corrected chi connectivity index (χ4v) is 1.58. The third-order valence-electron chi connectivity index (χ3n) is 2.83. The van der Waals surface area contributed by atoms with Crippen LogP contribution in [0.2, 0.25) is 0 Å². The Labute approximate surface area is 80.5 Å². The summed E-state index contributed by atoms with van der Waals surface area (Å²) in [7, 11) is 2.18. The number of hydrogen-bond acceptors (Lipinski definition) is 2. The first-order valence-corrected chi connectivity index (χ1v) is 5.31. The van der Waals surface area contributed by atoms with Crippen molar-refractivity contribution in [3.8, 4) is 0 Å². The van der Waals surface area contributed by atoms with E-state index >= 15 is 0 Å². The first-order chi connectivity index (χ1) is 6.34. The summed E-state index contributed by atoms with van der Waals surface area (Å²) in [6.07, 6.45) is 4.76. The van der Waals surface area contributed by atoms with Crippen LogP contribution in [0.15, 0.2) is 0 Å². The Hall–Kier alpha value is -0.150. The molecule has 0 unspecified atom stereocenters. The molecule has 1 rings (SSSR count). The van der Waals surface area contributed by atoms with Gasteiger partial charge in [0.2, 0.25) is 0 Å². The number of nitrogens with one attached hydrogen (secondary N) is 1. The number of halogens is 1. The number of rotatable bonds is 7. The minimum atomic E-state index is -0.203. The van der Waals surface area contributed by atoms with Crippen molar-refractivity contribution in [3.63, 3.8) is 0 Å². The molecule has 1 aliphatic rings. The number of likely N-dealkylation sites (N-methyl/N-ethyl adjacent to an activating group) is 1. The molecule has 0 amide bonds. The van der Waals surface area contributed by atoms with Crippen LogP contribution >= 0.6 is 0 Å². The Morgan fingerprint density at radius 3 is 2.69 bits per heavy atom. The summed E-state index contributed by atoms with van der Waals surface area (Å²) in [5.41, 5.74) is 0. The fourth-order valence-electron chi connectivity index (χ4n) is 1.58. The molecule has 1 fully saturated rings. The van der Waals surface area contributed by atoms with E-state index in [-0.39, 0.29) is 6.67 Å². The molecule has 0 spiro atoms. The molecule has 78 valence electrons. The Morgan fingerprint density at radius 2 is 2.15 bits per heavy atom. The van der Waals surface area contributed by atoms with E-state index in [4.69, 9.17) is 0 Å². The van der Waals surface area contributed by atoms with Gasteiger partial charge in [-0.1, -0.05) is 6.42 Å². The molecule has 0 aromatic carbocycles. The maximum absolute atomic E-state index is 11.7. The van der Waals surface area contributed by atoms with Gasteiger partial charge in [-0.3, -0.25) is 4.39 Å². The van der Waals surface area contributed by atoms with E-state index in [1.807, 2.05) is 0 Å². The monoisotopic (exact) mass is 188 g/mol. The normalized spacial score (nSPS) is 17.8. The van der Waals surface area contributed by atoms with Gasteiger partial charge in [0, 0.05) is 19.1 Å². The van der Waals surface area contributed by atoms with Crippen LogP contribution in [0.3, 0.4) is 0 Å². The van der Waals surface area contributed by atoms with Crippen LogP contribution in [0, 0.1) is 0 Å². The Balaban J connectivity index is 1.86. The lowest BCUT2D eigenvalue weighted by molar-refractivity contribution is 0.160. The third-order valence-corrected chi connectivity index (χ3v) is 2.83. The van der Waals surface area contributed by atoms with E-state index in [1.54, 1.807) is 0 Å². The van der Waals surface area contributed by atoms with Gasteiger partial charge in [-0.25, -0.2) is 0 Å². The van der Waals surface area contributed by atoms with E-state index in [0.717, 1.165) is 25.7 Å². The third kappa shape index (κ3) is 4.05. The average molecular weight is 188 g/mol. The van der Waals surface area contributed by atoms with Gasteiger partial charge in [-0.15, -0.1) is 0 Å². The highest BCUT2D eigenvalue weighted by Gasteiger charge is 2.20. The first-order valence-electron chi connectivity index (χ1n) is 5.31. The molecular formula is C10H21FN2. The summed E-state index contributed by atoms with van der Waals surface area (Å²) in [5.74, 6) is 0. The topological polar surface area (TPSA) is 15.3 Å². The smallest absolute Gasteiger partial charge is 0.0906 e. The molecule has 2 nitrogen and oxygen atoms in total. The second-order valence-electron chi connectivity index (χ2n) is 3.86. The molecule has 1 saturated carbocycles.